The lowest BCUT2D eigenvalue weighted by molar-refractivity contribution is -0.137. The van der Waals surface area contributed by atoms with Crippen LogP contribution >= 0.6 is 0 Å². The first kappa shape index (κ1) is 16.9. The Morgan fingerprint density at radius 3 is 2.40 bits per heavy atom. The van der Waals surface area contributed by atoms with E-state index in [0.29, 0.717) is 38.5 Å². The number of piperidine rings is 1. The summed E-state index contributed by atoms with van der Waals surface area (Å²) in [6.07, 6.45) is 2.44. The minimum atomic E-state index is -0.119. The van der Waals surface area contributed by atoms with Crippen LogP contribution in [0.15, 0.2) is 0 Å². The van der Waals surface area contributed by atoms with Crippen molar-refractivity contribution in [2.75, 3.05) is 26.2 Å². The number of nitrogens with two attached hydrogens (primary N) is 1. The molecule has 0 saturated carbocycles. The third kappa shape index (κ3) is 4.45. The SMILES string of the molecule is CCC(C)N(CC)CC(=O)N1CCC(C(=O)NN)CC1. The molecular weight excluding hydrogens is 256 g/mol. The number of hydrogen-bond acceptors (Lipinski definition) is 4. The van der Waals surface area contributed by atoms with Crippen molar-refractivity contribution in [3.63, 3.8) is 0 Å². The van der Waals surface area contributed by atoms with Gasteiger partial charge in [0.05, 0.1) is 6.54 Å². The van der Waals surface area contributed by atoms with Crippen molar-refractivity contribution in [2.45, 2.75) is 46.1 Å². The molecule has 1 aliphatic rings. The van der Waals surface area contributed by atoms with E-state index in [1.807, 2.05) is 4.90 Å². The normalized spacial score (nSPS) is 18.1. The number of carbonyl (C=O) groups is 2. The molecule has 0 aromatic rings. The summed E-state index contributed by atoms with van der Waals surface area (Å²) >= 11 is 0. The van der Waals surface area contributed by atoms with Crippen LogP contribution in [0.5, 0.6) is 0 Å². The lowest BCUT2D eigenvalue weighted by atomic mass is 9.96. The van der Waals surface area contributed by atoms with E-state index in [4.69, 9.17) is 5.84 Å². The zero-order chi connectivity index (χ0) is 15.1. The van der Waals surface area contributed by atoms with Crippen molar-refractivity contribution < 1.29 is 9.59 Å². The number of likely N-dealkylation sites (tertiary alicyclic amines) is 1. The van der Waals surface area contributed by atoms with Crippen LogP contribution in [0.3, 0.4) is 0 Å². The Bertz CT molecular complexity index is 327. The first-order valence-corrected chi connectivity index (χ1v) is 7.55. The molecule has 0 aromatic carbocycles. The number of hydrazine groups is 1. The van der Waals surface area contributed by atoms with Gasteiger partial charge in [0, 0.05) is 25.0 Å². The van der Waals surface area contributed by atoms with Crippen molar-refractivity contribution in [3.05, 3.63) is 0 Å². The second-order valence-electron chi connectivity index (χ2n) is 5.48. The van der Waals surface area contributed by atoms with Gasteiger partial charge in [-0.1, -0.05) is 13.8 Å². The first-order chi connectivity index (χ1) is 9.53. The van der Waals surface area contributed by atoms with Crippen molar-refractivity contribution in [1.82, 2.24) is 15.2 Å². The highest BCUT2D eigenvalue weighted by Gasteiger charge is 2.27. The van der Waals surface area contributed by atoms with E-state index in [1.54, 1.807) is 0 Å². The molecule has 0 spiro atoms. The van der Waals surface area contributed by atoms with Gasteiger partial charge in [-0.05, 0) is 32.7 Å². The third-order valence-corrected chi connectivity index (χ3v) is 4.32. The smallest absolute Gasteiger partial charge is 0.237 e. The van der Waals surface area contributed by atoms with Crippen LogP contribution in [0.1, 0.15) is 40.0 Å². The summed E-state index contributed by atoms with van der Waals surface area (Å²) in [5, 5.41) is 0. The maximum Gasteiger partial charge on any atom is 0.237 e. The Labute approximate surface area is 121 Å². The van der Waals surface area contributed by atoms with E-state index in [1.165, 1.54) is 0 Å². The van der Waals surface area contributed by atoms with Crippen molar-refractivity contribution in [2.24, 2.45) is 11.8 Å². The summed E-state index contributed by atoms with van der Waals surface area (Å²) < 4.78 is 0. The zero-order valence-electron chi connectivity index (χ0n) is 12.9. The first-order valence-electron chi connectivity index (χ1n) is 7.55. The Hall–Kier alpha value is -1.14. The van der Waals surface area contributed by atoms with Gasteiger partial charge < -0.3 is 4.90 Å². The van der Waals surface area contributed by atoms with E-state index in [9.17, 15) is 9.59 Å². The van der Waals surface area contributed by atoms with Crippen LogP contribution in [0, 0.1) is 5.92 Å². The minimum Gasteiger partial charge on any atom is -0.342 e. The number of likely N-dealkylation sites (N-methyl/N-ethyl adjacent to an activating group) is 1. The molecule has 1 atom stereocenters. The van der Waals surface area contributed by atoms with E-state index in [2.05, 4.69) is 31.1 Å². The highest BCUT2D eigenvalue weighted by Crippen LogP contribution is 2.17. The van der Waals surface area contributed by atoms with Gasteiger partial charge in [-0.2, -0.15) is 0 Å². The minimum absolute atomic E-state index is 0.0547. The molecule has 0 bridgehead atoms. The number of nitrogens with one attached hydrogen (secondary N) is 1. The van der Waals surface area contributed by atoms with Gasteiger partial charge in [-0.25, -0.2) is 5.84 Å². The molecule has 116 valence electrons. The van der Waals surface area contributed by atoms with Crippen LogP contribution in [0.4, 0.5) is 0 Å². The summed E-state index contributed by atoms with van der Waals surface area (Å²) in [6.45, 7) is 9.01. The van der Waals surface area contributed by atoms with Gasteiger partial charge in [0.25, 0.3) is 0 Å². The van der Waals surface area contributed by atoms with Crippen LogP contribution in [0.25, 0.3) is 0 Å². The Morgan fingerprint density at radius 2 is 1.95 bits per heavy atom. The number of hydrogen-bond donors (Lipinski definition) is 2. The molecule has 1 rings (SSSR count). The average molecular weight is 284 g/mol. The Kier molecular flexibility index (Phi) is 6.95. The molecule has 1 fully saturated rings. The Morgan fingerprint density at radius 1 is 1.35 bits per heavy atom. The van der Waals surface area contributed by atoms with Gasteiger partial charge in [0.2, 0.25) is 11.8 Å². The lowest BCUT2D eigenvalue weighted by Gasteiger charge is -2.34. The van der Waals surface area contributed by atoms with Crippen molar-refractivity contribution in [3.8, 4) is 0 Å². The molecule has 20 heavy (non-hydrogen) atoms. The van der Waals surface area contributed by atoms with Gasteiger partial charge >= 0.3 is 0 Å². The zero-order valence-corrected chi connectivity index (χ0v) is 12.9. The van der Waals surface area contributed by atoms with Gasteiger partial charge in [0.1, 0.15) is 0 Å². The quantitative estimate of drug-likeness (QED) is 0.419. The molecule has 6 nitrogen and oxygen atoms in total. The van der Waals surface area contributed by atoms with E-state index >= 15 is 0 Å². The van der Waals surface area contributed by atoms with Gasteiger partial charge in [0.15, 0.2) is 0 Å². The molecule has 2 amide bonds. The maximum absolute atomic E-state index is 12.3. The number of rotatable bonds is 6. The topological polar surface area (TPSA) is 78.7 Å². The maximum atomic E-state index is 12.3. The molecule has 6 heteroatoms. The fourth-order valence-corrected chi connectivity index (χ4v) is 2.62. The second-order valence-corrected chi connectivity index (χ2v) is 5.48. The predicted octanol–water partition coefficient (Wildman–Crippen LogP) is 0.335. The molecule has 0 aromatic heterocycles. The number of carbonyl (C=O) groups excluding carboxylic acids is 2. The molecule has 1 saturated heterocycles. The van der Waals surface area contributed by atoms with Crippen LogP contribution in [0.2, 0.25) is 0 Å². The predicted molar refractivity (Wildman–Crippen MR) is 78.6 cm³/mol. The molecular formula is C14H28N4O2. The molecule has 0 aliphatic carbocycles. The van der Waals surface area contributed by atoms with Crippen molar-refractivity contribution >= 4 is 11.8 Å². The fraction of sp³-hybridized carbons (Fsp3) is 0.857. The van der Waals surface area contributed by atoms with Gasteiger partial charge in [-0.3, -0.25) is 19.9 Å². The summed E-state index contributed by atoms with van der Waals surface area (Å²) in [4.78, 5) is 27.8. The summed E-state index contributed by atoms with van der Waals surface area (Å²) in [6, 6.07) is 0.421. The van der Waals surface area contributed by atoms with E-state index in [0.717, 1.165) is 13.0 Å². The highest BCUT2D eigenvalue weighted by atomic mass is 16.2. The third-order valence-electron chi connectivity index (χ3n) is 4.32. The van der Waals surface area contributed by atoms with Gasteiger partial charge in [-0.15, -0.1) is 0 Å². The lowest BCUT2D eigenvalue weighted by Crippen LogP contribution is -2.48. The molecule has 3 N–H and O–H groups in total. The molecule has 0 radical (unpaired) electrons. The Balaban J connectivity index is 2.44. The molecule has 1 aliphatic heterocycles. The van der Waals surface area contributed by atoms with Crippen LogP contribution in [-0.4, -0.2) is 53.8 Å². The van der Waals surface area contributed by atoms with E-state index < -0.39 is 0 Å². The van der Waals surface area contributed by atoms with E-state index in [-0.39, 0.29) is 17.7 Å². The molecule has 1 unspecified atom stereocenters. The number of nitrogens with zero attached hydrogens (tertiary/aromatic N) is 2. The summed E-state index contributed by atoms with van der Waals surface area (Å²) in [5.41, 5.74) is 2.19. The van der Waals surface area contributed by atoms with Crippen LogP contribution in [-0.2, 0) is 9.59 Å². The summed E-state index contributed by atoms with van der Waals surface area (Å²) in [7, 11) is 0. The van der Waals surface area contributed by atoms with Crippen LogP contribution < -0.4 is 11.3 Å². The largest absolute Gasteiger partial charge is 0.342 e. The fourth-order valence-electron chi connectivity index (χ4n) is 2.62. The highest BCUT2D eigenvalue weighted by molar-refractivity contribution is 5.80. The summed E-state index contributed by atoms with van der Waals surface area (Å²) in [5.74, 6) is 5.14. The monoisotopic (exact) mass is 284 g/mol. The average Bonchev–Trinajstić information content (AvgIpc) is 2.50. The number of amides is 2. The van der Waals surface area contributed by atoms with Crippen molar-refractivity contribution in [1.29, 1.82) is 0 Å². The standard InChI is InChI=1S/C14H28N4O2/c1-4-11(3)17(5-2)10-13(19)18-8-6-12(7-9-18)14(20)16-15/h11-12H,4-10,15H2,1-3H3,(H,16,20). The second kappa shape index (κ2) is 8.21. The molecule has 1 heterocycles.